The second-order valence-electron chi connectivity index (χ2n) is 6.30. The number of nitrogens with two attached hydrogens (primary N) is 1. The van der Waals surface area contributed by atoms with Crippen LogP contribution in [0.25, 0.3) is 0 Å². The van der Waals surface area contributed by atoms with E-state index in [1.807, 2.05) is 6.92 Å². The van der Waals surface area contributed by atoms with E-state index in [9.17, 15) is 9.90 Å². The number of hydrogen-bond acceptors (Lipinski definition) is 3. The van der Waals surface area contributed by atoms with Crippen molar-refractivity contribution < 1.29 is 9.90 Å². The fourth-order valence-corrected chi connectivity index (χ4v) is 1.82. The van der Waals surface area contributed by atoms with Gasteiger partial charge in [0.15, 0.2) is 0 Å². The summed E-state index contributed by atoms with van der Waals surface area (Å²) in [5, 5.41) is 12.5. The maximum Gasteiger partial charge on any atom is 0.239 e. The van der Waals surface area contributed by atoms with Gasteiger partial charge >= 0.3 is 0 Å². The van der Waals surface area contributed by atoms with Crippen molar-refractivity contribution in [2.24, 2.45) is 11.1 Å². The monoisotopic (exact) mass is 280 g/mol. The van der Waals surface area contributed by atoms with Gasteiger partial charge in [-0.25, -0.2) is 0 Å². The molecule has 0 aromatic rings. The smallest absolute Gasteiger partial charge is 0.239 e. The first kappa shape index (κ1) is 20.0. The van der Waals surface area contributed by atoms with Crippen molar-refractivity contribution in [3.8, 4) is 0 Å². The molecule has 1 amide bonds. The van der Waals surface area contributed by atoms with Gasteiger partial charge < -0.3 is 16.2 Å². The molecule has 0 aromatic heterocycles. The average Bonchev–Trinajstić information content (AvgIpc) is 2.11. The van der Waals surface area contributed by atoms with Gasteiger partial charge in [0, 0.05) is 6.54 Å². The molecule has 4 nitrogen and oxygen atoms in total. The Morgan fingerprint density at radius 2 is 1.83 bits per heavy atom. The SMILES string of the molecule is CCCC(C)(N)C(=O)NCC(O)CC(C)(C)C.Cl. The largest absolute Gasteiger partial charge is 0.391 e. The van der Waals surface area contributed by atoms with Crippen LogP contribution in [0.1, 0.15) is 53.9 Å². The highest BCUT2D eigenvalue weighted by molar-refractivity contribution is 5.85. The van der Waals surface area contributed by atoms with Crippen molar-refractivity contribution in [1.82, 2.24) is 5.32 Å². The summed E-state index contributed by atoms with van der Waals surface area (Å²) in [6.45, 7) is 10.2. The zero-order valence-electron chi connectivity index (χ0n) is 12.2. The molecule has 0 aliphatic carbocycles. The molecule has 0 aliphatic rings. The molecular formula is C13H29ClN2O2. The molecule has 4 N–H and O–H groups in total. The normalized spacial score (nSPS) is 16.4. The minimum Gasteiger partial charge on any atom is -0.391 e. The average molecular weight is 281 g/mol. The Bertz CT molecular complexity index is 250. The van der Waals surface area contributed by atoms with Gasteiger partial charge in [-0.05, 0) is 25.2 Å². The number of halogens is 1. The van der Waals surface area contributed by atoms with Crippen molar-refractivity contribution >= 4 is 18.3 Å². The van der Waals surface area contributed by atoms with Gasteiger partial charge in [-0.3, -0.25) is 4.79 Å². The van der Waals surface area contributed by atoms with Crippen molar-refractivity contribution in [3.05, 3.63) is 0 Å². The third kappa shape index (κ3) is 8.72. The molecular weight excluding hydrogens is 252 g/mol. The summed E-state index contributed by atoms with van der Waals surface area (Å²) in [6, 6.07) is 0. The van der Waals surface area contributed by atoms with Gasteiger partial charge in [0.05, 0.1) is 11.6 Å². The molecule has 2 unspecified atom stereocenters. The van der Waals surface area contributed by atoms with Crippen LogP contribution in [0, 0.1) is 5.41 Å². The second kappa shape index (κ2) is 7.97. The second-order valence-corrected chi connectivity index (χ2v) is 6.30. The lowest BCUT2D eigenvalue weighted by Gasteiger charge is -2.26. The van der Waals surface area contributed by atoms with Crippen LogP contribution in [0.5, 0.6) is 0 Å². The Hall–Kier alpha value is -0.320. The van der Waals surface area contributed by atoms with Gasteiger partial charge in [-0.15, -0.1) is 12.4 Å². The van der Waals surface area contributed by atoms with E-state index in [1.165, 1.54) is 0 Å². The number of rotatable bonds is 6. The van der Waals surface area contributed by atoms with E-state index < -0.39 is 11.6 Å². The summed E-state index contributed by atoms with van der Waals surface area (Å²) < 4.78 is 0. The van der Waals surface area contributed by atoms with E-state index in [2.05, 4.69) is 26.1 Å². The van der Waals surface area contributed by atoms with Crippen molar-refractivity contribution in [2.45, 2.75) is 65.5 Å². The summed E-state index contributed by atoms with van der Waals surface area (Å²) in [4.78, 5) is 11.8. The van der Waals surface area contributed by atoms with Crippen molar-refractivity contribution in [2.75, 3.05) is 6.54 Å². The predicted molar refractivity (Wildman–Crippen MR) is 77.8 cm³/mol. The zero-order chi connectivity index (χ0) is 13.7. The molecule has 5 heteroatoms. The number of carbonyl (C=O) groups is 1. The molecule has 2 atom stereocenters. The Morgan fingerprint density at radius 3 is 2.22 bits per heavy atom. The summed E-state index contributed by atoms with van der Waals surface area (Å²) in [5.74, 6) is -0.188. The van der Waals surface area contributed by atoms with Crippen LogP contribution in [-0.4, -0.2) is 29.2 Å². The number of amides is 1. The lowest BCUT2D eigenvalue weighted by molar-refractivity contribution is -0.126. The number of hydrogen-bond donors (Lipinski definition) is 3. The summed E-state index contributed by atoms with van der Waals surface area (Å²) >= 11 is 0. The summed E-state index contributed by atoms with van der Waals surface area (Å²) in [6.07, 6.45) is 1.65. The molecule has 0 aromatic carbocycles. The van der Waals surface area contributed by atoms with E-state index in [0.29, 0.717) is 12.8 Å². The standard InChI is InChI=1S/C13H28N2O2.ClH/c1-6-7-13(5,14)11(17)15-9-10(16)8-12(2,3)4;/h10,16H,6-9,14H2,1-5H3,(H,15,17);1H. The maximum atomic E-state index is 11.8. The van der Waals surface area contributed by atoms with Crippen LogP contribution < -0.4 is 11.1 Å². The maximum absolute atomic E-state index is 11.8. The Balaban J connectivity index is 0. The topological polar surface area (TPSA) is 75.4 Å². The van der Waals surface area contributed by atoms with Crippen molar-refractivity contribution in [3.63, 3.8) is 0 Å². The van der Waals surface area contributed by atoms with Gasteiger partial charge in [-0.2, -0.15) is 0 Å². The Morgan fingerprint density at radius 1 is 1.33 bits per heavy atom. The first-order chi connectivity index (χ1) is 7.58. The fourth-order valence-electron chi connectivity index (χ4n) is 1.82. The third-order valence-electron chi connectivity index (χ3n) is 2.63. The molecule has 0 heterocycles. The number of aliphatic hydroxyl groups is 1. The molecule has 0 bridgehead atoms. The molecule has 0 rings (SSSR count). The van der Waals surface area contributed by atoms with Crippen LogP contribution in [0.2, 0.25) is 0 Å². The minimum absolute atomic E-state index is 0. The number of carbonyl (C=O) groups excluding carboxylic acids is 1. The highest BCUT2D eigenvalue weighted by Gasteiger charge is 2.27. The molecule has 18 heavy (non-hydrogen) atoms. The molecule has 0 aliphatic heterocycles. The van der Waals surface area contributed by atoms with Crippen LogP contribution in [0.15, 0.2) is 0 Å². The lowest BCUT2D eigenvalue weighted by Crippen LogP contribution is -2.53. The zero-order valence-corrected chi connectivity index (χ0v) is 13.1. The molecule has 0 saturated heterocycles. The third-order valence-corrected chi connectivity index (χ3v) is 2.63. The van der Waals surface area contributed by atoms with E-state index in [4.69, 9.17) is 5.73 Å². The van der Waals surface area contributed by atoms with E-state index in [1.54, 1.807) is 6.92 Å². The Kier molecular flexibility index (Phi) is 8.86. The lowest BCUT2D eigenvalue weighted by atomic mass is 9.89. The van der Waals surface area contributed by atoms with Crippen LogP contribution in [0.3, 0.4) is 0 Å². The quantitative estimate of drug-likeness (QED) is 0.695. The van der Waals surface area contributed by atoms with E-state index in [0.717, 1.165) is 6.42 Å². The van der Waals surface area contributed by atoms with Gasteiger partial charge in [0.25, 0.3) is 0 Å². The van der Waals surface area contributed by atoms with Crippen LogP contribution in [0.4, 0.5) is 0 Å². The van der Waals surface area contributed by atoms with E-state index in [-0.39, 0.29) is 30.3 Å². The van der Waals surface area contributed by atoms with E-state index >= 15 is 0 Å². The molecule has 0 radical (unpaired) electrons. The minimum atomic E-state index is -0.837. The van der Waals surface area contributed by atoms with Crippen molar-refractivity contribution in [1.29, 1.82) is 0 Å². The highest BCUT2D eigenvalue weighted by Crippen LogP contribution is 2.20. The van der Waals surface area contributed by atoms with Gasteiger partial charge in [0.1, 0.15) is 0 Å². The predicted octanol–water partition coefficient (Wildman–Crippen LogP) is 1.84. The Labute approximate surface area is 117 Å². The molecule has 0 spiro atoms. The first-order valence-corrected chi connectivity index (χ1v) is 6.34. The molecule has 110 valence electrons. The van der Waals surface area contributed by atoms with Gasteiger partial charge in [0.2, 0.25) is 5.91 Å². The molecule has 0 saturated carbocycles. The number of aliphatic hydroxyl groups excluding tert-OH is 1. The fraction of sp³-hybridized carbons (Fsp3) is 0.923. The van der Waals surface area contributed by atoms with Crippen LogP contribution >= 0.6 is 12.4 Å². The van der Waals surface area contributed by atoms with Crippen LogP contribution in [-0.2, 0) is 4.79 Å². The summed E-state index contributed by atoms with van der Waals surface area (Å²) in [7, 11) is 0. The highest BCUT2D eigenvalue weighted by atomic mass is 35.5. The molecule has 0 fully saturated rings. The van der Waals surface area contributed by atoms with Gasteiger partial charge in [-0.1, -0.05) is 34.1 Å². The number of nitrogens with one attached hydrogen (secondary N) is 1. The first-order valence-electron chi connectivity index (χ1n) is 6.34. The summed E-state index contributed by atoms with van der Waals surface area (Å²) in [5.41, 5.74) is 5.11.